The minimum absolute atomic E-state index is 0.154. The molecule has 1 N–H and O–H groups in total. The minimum atomic E-state index is -0.742. The van der Waals surface area contributed by atoms with Gasteiger partial charge in [-0.25, -0.2) is 4.79 Å². The lowest BCUT2D eigenvalue weighted by Crippen LogP contribution is -2.48. The van der Waals surface area contributed by atoms with Crippen molar-refractivity contribution in [1.29, 1.82) is 0 Å². The van der Waals surface area contributed by atoms with Crippen LogP contribution in [0.25, 0.3) is 0 Å². The van der Waals surface area contributed by atoms with Crippen LogP contribution in [0.2, 0.25) is 0 Å². The van der Waals surface area contributed by atoms with Crippen LogP contribution in [0.5, 0.6) is 0 Å². The molecule has 2 fully saturated rings. The maximum Gasteiger partial charge on any atom is 0.320 e. The Labute approximate surface area is 120 Å². The third kappa shape index (κ3) is 3.64. The van der Waals surface area contributed by atoms with Crippen LogP contribution >= 0.6 is 0 Å². The van der Waals surface area contributed by atoms with E-state index in [2.05, 4.69) is 13.8 Å². The second kappa shape index (κ2) is 6.46. The number of rotatable bonds is 3. The van der Waals surface area contributed by atoms with Crippen molar-refractivity contribution in [2.45, 2.75) is 39.5 Å². The number of hydrogen-bond donors (Lipinski definition) is 1. The highest BCUT2D eigenvalue weighted by Crippen LogP contribution is 2.26. The molecule has 114 valence electrons. The fraction of sp³-hybridized carbons (Fsp3) is 0.867. The van der Waals surface area contributed by atoms with E-state index in [1.165, 1.54) is 0 Å². The van der Waals surface area contributed by atoms with Crippen molar-refractivity contribution in [3.05, 3.63) is 0 Å². The number of urea groups is 1. The summed E-state index contributed by atoms with van der Waals surface area (Å²) in [5.41, 5.74) is 0. The third-order valence-corrected chi connectivity index (χ3v) is 4.93. The molecule has 20 heavy (non-hydrogen) atoms. The van der Waals surface area contributed by atoms with E-state index in [-0.39, 0.29) is 12.5 Å². The predicted octanol–water partition coefficient (Wildman–Crippen LogP) is 2.27. The van der Waals surface area contributed by atoms with Gasteiger partial charge < -0.3 is 14.9 Å². The van der Waals surface area contributed by atoms with Crippen LogP contribution in [0.4, 0.5) is 4.79 Å². The molecule has 3 atom stereocenters. The largest absolute Gasteiger partial charge is 0.481 e. The maximum atomic E-state index is 12.5. The molecular formula is C15H26N2O3. The Balaban J connectivity index is 1.80. The number of carbonyl (C=O) groups excluding carboxylic acids is 1. The van der Waals surface area contributed by atoms with E-state index in [1.807, 2.05) is 9.80 Å². The topological polar surface area (TPSA) is 60.9 Å². The number of likely N-dealkylation sites (tertiary alicyclic amines) is 2. The first-order valence-electron chi connectivity index (χ1n) is 7.73. The number of aliphatic carboxylic acids is 1. The van der Waals surface area contributed by atoms with Crippen LogP contribution in [0.1, 0.15) is 39.5 Å². The third-order valence-electron chi connectivity index (χ3n) is 4.93. The minimum Gasteiger partial charge on any atom is -0.481 e. The number of hydrogen-bond acceptors (Lipinski definition) is 2. The zero-order chi connectivity index (χ0) is 14.7. The van der Waals surface area contributed by atoms with E-state index in [9.17, 15) is 9.59 Å². The van der Waals surface area contributed by atoms with Crippen LogP contribution in [-0.4, -0.2) is 53.1 Å². The first kappa shape index (κ1) is 15.1. The molecule has 0 aliphatic carbocycles. The normalized spacial score (nSPS) is 30.6. The van der Waals surface area contributed by atoms with Gasteiger partial charge in [-0.05, 0) is 37.0 Å². The van der Waals surface area contributed by atoms with Crippen molar-refractivity contribution in [2.75, 3.05) is 26.2 Å². The Bertz CT molecular complexity index is 372. The highest BCUT2D eigenvalue weighted by atomic mass is 16.4. The molecule has 0 aromatic heterocycles. The van der Waals surface area contributed by atoms with Gasteiger partial charge in [-0.15, -0.1) is 0 Å². The summed E-state index contributed by atoms with van der Waals surface area (Å²) in [4.78, 5) is 27.0. The second-order valence-electron chi connectivity index (χ2n) is 6.50. The van der Waals surface area contributed by atoms with Gasteiger partial charge in [0.2, 0.25) is 0 Å². The van der Waals surface area contributed by atoms with Crippen LogP contribution in [-0.2, 0) is 4.79 Å². The van der Waals surface area contributed by atoms with E-state index >= 15 is 0 Å². The Kier molecular flexibility index (Phi) is 4.89. The van der Waals surface area contributed by atoms with E-state index in [0.717, 1.165) is 39.0 Å². The molecule has 3 unspecified atom stereocenters. The summed E-state index contributed by atoms with van der Waals surface area (Å²) < 4.78 is 0. The molecule has 0 saturated carbocycles. The molecule has 2 aliphatic rings. The number of carboxylic acid groups (broad SMARTS) is 1. The lowest BCUT2D eigenvalue weighted by atomic mass is 9.89. The number of carbonyl (C=O) groups is 2. The summed E-state index contributed by atoms with van der Waals surface area (Å²) in [6.45, 7) is 7.70. The number of piperidine rings is 1. The Morgan fingerprint density at radius 2 is 1.70 bits per heavy atom. The number of carboxylic acids is 1. The van der Waals surface area contributed by atoms with Gasteiger partial charge in [0.1, 0.15) is 0 Å². The van der Waals surface area contributed by atoms with Crippen LogP contribution in [0.3, 0.4) is 0 Å². The van der Waals surface area contributed by atoms with Gasteiger partial charge in [0.05, 0.1) is 0 Å². The monoisotopic (exact) mass is 282 g/mol. The summed E-state index contributed by atoms with van der Waals surface area (Å²) in [5, 5.41) is 8.72. The van der Waals surface area contributed by atoms with Gasteiger partial charge in [0.25, 0.3) is 0 Å². The molecule has 5 nitrogen and oxygen atoms in total. The molecule has 0 aromatic carbocycles. The second-order valence-corrected chi connectivity index (χ2v) is 6.50. The Morgan fingerprint density at radius 1 is 1.05 bits per heavy atom. The smallest absolute Gasteiger partial charge is 0.320 e. The van der Waals surface area contributed by atoms with Crippen molar-refractivity contribution in [1.82, 2.24) is 9.80 Å². The molecule has 2 heterocycles. The number of amides is 2. The summed E-state index contributed by atoms with van der Waals surface area (Å²) in [7, 11) is 0. The summed E-state index contributed by atoms with van der Waals surface area (Å²) in [6.07, 6.45) is 2.93. The van der Waals surface area contributed by atoms with Crippen molar-refractivity contribution >= 4 is 12.0 Å². The van der Waals surface area contributed by atoms with Gasteiger partial charge >= 0.3 is 12.0 Å². The highest BCUT2D eigenvalue weighted by Gasteiger charge is 2.32. The summed E-state index contributed by atoms with van der Waals surface area (Å²) in [5.74, 6) is 0.879. The van der Waals surface area contributed by atoms with E-state index < -0.39 is 5.97 Å². The molecule has 0 bridgehead atoms. The van der Waals surface area contributed by atoms with Gasteiger partial charge in [0.15, 0.2) is 0 Å². The average Bonchev–Trinajstić information content (AvgIpc) is 2.87. The average molecular weight is 282 g/mol. The molecule has 2 saturated heterocycles. The lowest BCUT2D eigenvalue weighted by molar-refractivity contribution is -0.137. The first-order chi connectivity index (χ1) is 9.47. The molecule has 2 amide bonds. The zero-order valence-electron chi connectivity index (χ0n) is 12.5. The van der Waals surface area contributed by atoms with Crippen molar-refractivity contribution in [3.8, 4) is 0 Å². The molecule has 0 radical (unpaired) electrons. The standard InChI is InChI=1S/C15H26N2O3/c1-11-5-7-16(9-12(11)2)15(20)17-8-6-13(10-17)3-4-14(18)19/h11-13H,3-10H2,1-2H3,(H,18,19). The summed E-state index contributed by atoms with van der Waals surface area (Å²) in [6, 6.07) is 0.154. The fourth-order valence-corrected chi connectivity index (χ4v) is 3.21. The molecule has 0 aromatic rings. The van der Waals surface area contributed by atoms with Gasteiger partial charge in [-0.1, -0.05) is 13.8 Å². The Hall–Kier alpha value is -1.26. The van der Waals surface area contributed by atoms with Crippen LogP contribution in [0, 0.1) is 17.8 Å². The maximum absolute atomic E-state index is 12.5. The van der Waals surface area contributed by atoms with Crippen molar-refractivity contribution < 1.29 is 14.7 Å². The first-order valence-corrected chi connectivity index (χ1v) is 7.73. The molecule has 0 spiro atoms. The lowest BCUT2D eigenvalue weighted by Gasteiger charge is -2.37. The SMILES string of the molecule is CC1CCN(C(=O)N2CCC(CCC(=O)O)C2)CC1C. The van der Waals surface area contributed by atoms with Crippen LogP contribution in [0.15, 0.2) is 0 Å². The van der Waals surface area contributed by atoms with Crippen LogP contribution < -0.4 is 0 Å². The number of nitrogens with zero attached hydrogens (tertiary/aromatic N) is 2. The van der Waals surface area contributed by atoms with Crippen molar-refractivity contribution in [3.63, 3.8) is 0 Å². The van der Waals surface area contributed by atoms with Crippen molar-refractivity contribution in [2.24, 2.45) is 17.8 Å². The van der Waals surface area contributed by atoms with E-state index in [0.29, 0.717) is 24.2 Å². The molecule has 2 aliphatic heterocycles. The van der Waals surface area contributed by atoms with E-state index in [4.69, 9.17) is 5.11 Å². The Morgan fingerprint density at radius 3 is 2.35 bits per heavy atom. The van der Waals surface area contributed by atoms with E-state index in [1.54, 1.807) is 0 Å². The molecular weight excluding hydrogens is 256 g/mol. The molecule has 5 heteroatoms. The van der Waals surface area contributed by atoms with Gasteiger partial charge in [0, 0.05) is 32.6 Å². The highest BCUT2D eigenvalue weighted by molar-refractivity contribution is 5.75. The summed E-state index contributed by atoms with van der Waals surface area (Å²) >= 11 is 0. The fourth-order valence-electron chi connectivity index (χ4n) is 3.21. The van der Waals surface area contributed by atoms with Gasteiger partial charge in [-0.2, -0.15) is 0 Å². The molecule has 2 rings (SSSR count). The zero-order valence-corrected chi connectivity index (χ0v) is 12.5. The quantitative estimate of drug-likeness (QED) is 0.863. The predicted molar refractivity (Wildman–Crippen MR) is 76.5 cm³/mol. The van der Waals surface area contributed by atoms with Gasteiger partial charge in [-0.3, -0.25) is 4.79 Å².